The zero-order chi connectivity index (χ0) is 24.9. The summed E-state index contributed by atoms with van der Waals surface area (Å²) in [4.78, 5) is 12.9. The molecule has 0 saturated heterocycles. The van der Waals surface area contributed by atoms with E-state index in [-0.39, 0.29) is 4.90 Å². The minimum atomic E-state index is -3.97. The Balaban J connectivity index is 1.84. The highest BCUT2D eigenvalue weighted by Gasteiger charge is 2.28. The number of sulfonamides is 1. The predicted molar refractivity (Wildman–Crippen MR) is 138 cm³/mol. The predicted octanol–water partition coefficient (Wildman–Crippen LogP) is 5.08. The van der Waals surface area contributed by atoms with E-state index in [1.807, 2.05) is 57.2 Å². The van der Waals surface area contributed by atoms with Crippen LogP contribution in [0.1, 0.15) is 47.6 Å². The molecule has 3 aromatic carbocycles. The number of nitrogens with zero attached hydrogens (tertiary/aromatic N) is 2. The van der Waals surface area contributed by atoms with Gasteiger partial charge in [-0.1, -0.05) is 67.9 Å². The van der Waals surface area contributed by atoms with E-state index in [2.05, 4.69) is 24.4 Å². The third-order valence-electron chi connectivity index (χ3n) is 5.54. The van der Waals surface area contributed by atoms with E-state index < -0.39 is 22.5 Å². The van der Waals surface area contributed by atoms with Gasteiger partial charge >= 0.3 is 0 Å². The van der Waals surface area contributed by atoms with Gasteiger partial charge in [0.1, 0.15) is 6.54 Å². The first-order valence-corrected chi connectivity index (χ1v) is 12.6. The van der Waals surface area contributed by atoms with Gasteiger partial charge in [0, 0.05) is 0 Å². The Hall–Kier alpha value is -3.45. The van der Waals surface area contributed by atoms with E-state index in [1.165, 1.54) is 5.56 Å². The fourth-order valence-corrected chi connectivity index (χ4v) is 4.91. The van der Waals surface area contributed by atoms with Crippen LogP contribution in [0.3, 0.4) is 0 Å². The van der Waals surface area contributed by atoms with Gasteiger partial charge in [-0.3, -0.25) is 9.10 Å². The Morgan fingerprint density at radius 1 is 0.941 bits per heavy atom. The maximum Gasteiger partial charge on any atom is 0.264 e. The topological polar surface area (TPSA) is 78.8 Å². The Morgan fingerprint density at radius 2 is 1.56 bits per heavy atom. The molecular formula is C27H31N3O3S. The SMILES string of the molecule is Cc1ccc(S(=O)(=O)N(CC(=O)N/N=C\c2ccc(C(C)C)cc2)c2cc(C)ccc2C)cc1. The van der Waals surface area contributed by atoms with Gasteiger partial charge in [-0.2, -0.15) is 5.10 Å². The number of carbonyl (C=O) groups excluding carboxylic acids is 1. The van der Waals surface area contributed by atoms with Crippen molar-refractivity contribution in [1.82, 2.24) is 5.43 Å². The van der Waals surface area contributed by atoms with Crippen LogP contribution in [0.25, 0.3) is 0 Å². The lowest BCUT2D eigenvalue weighted by molar-refractivity contribution is -0.119. The average molecular weight is 478 g/mol. The van der Waals surface area contributed by atoms with E-state index in [9.17, 15) is 13.2 Å². The molecule has 34 heavy (non-hydrogen) atoms. The largest absolute Gasteiger partial charge is 0.271 e. The quantitative estimate of drug-likeness (QED) is 0.363. The van der Waals surface area contributed by atoms with Gasteiger partial charge in [0.15, 0.2) is 0 Å². The Morgan fingerprint density at radius 3 is 2.18 bits per heavy atom. The molecule has 0 atom stereocenters. The monoisotopic (exact) mass is 477 g/mol. The summed E-state index contributed by atoms with van der Waals surface area (Å²) in [5.74, 6) is -0.108. The number of anilines is 1. The molecule has 0 aliphatic heterocycles. The van der Waals surface area contributed by atoms with Crippen molar-refractivity contribution in [3.63, 3.8) is 0 Å². The standard InChI is InChI=1S/C27H31N3O3S/c1-19(2)24-12-10-23(11-13-24)17-28-29-27(31)18-30(26-16-21(4)6-9-22(26)5)34(32,33)25-14-7-20(3)8-15-25/h6-17,19H,18H2,1-5H3,(H,29,31)/b28-17-. The van der Waals surface area contributed by atoms with Gasteiger partial charge in [0.2, 0.25) is 0 Å². The van der Waals surface area contributed by atoms with Crippen LogP contribution < -0.4 is 9.73 Å². The molecular weight excluding hydrogens is 446 g/mol. The highest BCUT2D eigenvalue weighted by molar-refractivity contribution is 7.92. The lowest BCUT2D eigenvalue weighted by Gasteiger charge is -2.25. The van der Waals surface area contributed by atoms with Crippen LogP contribution >= 0.6 is 0 Å². The Bertz CT molecular complexity index is 1280. The molecule has 3 aromatic rings. The number of hydrogen-bond donors (Lipinski definition) is 1. The minimum Gasteiger partial charge on any atom is -0.271 e. The number of benzene rings is 3. The van der Waals surface area contributed by atoms with Crippen molar-refractivity contribution in [2.45, 2.75) is 45.4 Å². The summed E-state index contributed by atoms with van der Waals surface area (Å²) >= 11 is 0. The number of hydrogen-bond acceptors (Lipinski definition) is 4. The highest BCUT2D eigenvalue weighted by Crippen LogP contribution is 2.28. The molecule has 0 heterocycles. The first-order valence-electron chi connectivity index (χ1n) is 11.2. The number of carbonyl (C=O) groups is 1. The van der Waals surface area contributed by atoms with Crippen molar-refractivity contribution in [1.29, 1.82) is 0 Å². The molecule has 6 nitrogen and oxygen atoms in total. The molecule has 0 fully saturated rings. The van der Waals surface area contributed by atoms with Crippen LogP contribution in [0.2, 0.25) is 0 Å². The second kappa shape index (κ2) is 10.7. The molecule has 0 aliphatic rings. The number of rotatable bonds is 8. The van der Waals surface area contributed by atoms with Gasteiger partial charge in [0.25, 0.3) is 15.9 Å². The summed E-state index contributed by atoms with van der Waals surface area (Å²) < 4.78 is 28.2. The molecule has 0 spiro atoms. The van der Waals surface area contributed by atoms with Gasteiger partial charge in [0.05, 0.1) is 16.8 Å². The van der Waals surface area contributed by atoms with Crippen molar-refractivity contribution in [2.75, 3.05) is 10.8 Å². The second-order valence-corrected chi connectivity index (χ2v) is 10.6. The van der Waals surface area contributed by atoms with E-state index in [0.29, 0.717) is 11.6 Å². The van der Waals surface area contributed by atoms with Gasteiger partial charge < -0.3 is 0 Å². The van der Waals surface area contributed by atoms with Gasteiger partial charge in [-0.05, 0) is 67.1 Å². The summed E-state index contributed by atoms with van der Waals surface area (Å²) in [6, 6.07) is 20.0. The Labute approximate surface area is 202 Å². The maximum absolute atomic E-state index is 13.5. The zero-order valence-corrected chi connectivity index (χ0v) is 21.1. The highest BCUT2D eigenvalue weighted by atomic mass is 32.2. The van der Waals surface area contributed by atoms with Crippen LogP contribution in [0, 0.1) is 20.8 Å². The molecule has 1 amide bonds. The summed E-state index contributed by atoms with van der Waals surface area (Å²) in [6.45, 7) is 9.44. The average Bonchev–Trinajstić information content (AvgIpc) is 2.80. The number of nitrogens with one attached hydrogen (secondary N) is 1. The number of aryl methyl sites for hydroxylation is 3. The zero-order valence-electron chi connectivity index (χ0n) is 20.2. The number of hydrazone groups is 1. The van der Waals surface area contributed by atoms with Crippen LogP contribution in [0.4, 0.5) is 5.69 Å². The maximum atomic E-state index is 13.5. The molecule has 0 bridgehead atoms. The molecule has 1 N–H and O–H groups in total. The smallest absolute Gasteiger partial charge is 0.264 e. The van der Waals surface area contributed by atoms with Crippen LogP contribution in [-0.2, 0) is 14.8 Å². The van der Waals surface area contributed by atoms with Crippen LogP contribution in [0.5, 0.6) is 0 Å². The summed E-state index contributed by atoms with van der Waals surface area (Å²) in [6.07, 6.45) is 1.54. The van der Waals surface area contributed by atoms with E-state index in [4.69, 9.17) is 0 Å². The summed E-state index contributed by atoms with van der Waals surface area (Å²) in [7, 11) is -3.97. The molecule has 0 radical (unpaired) electrons. The van der Waals surface area contributed by atoms with Crippen molar-refractivity contribution in [2.24, 2.45) is 5.10 Å². The van der Waals surface area contributed by atoms with Crippen LogP contribution in [-0.4, -0.2) is 27.1 Å². The third-order valence-corrected chi connectivity index (χ3v) is 7.31. The van der Waals surface area contributed by atoms with Crippen molar-refractivity contribution in [3.8, 4) is 0 Å². The molecule has 0 aliphatic carbocycles. The summed E-state index contributed by atoms with van der Waals surface area (Å²) in [5.41, 5.74) is 7.57. The lowest BCUT2D eigenvalue weighted by Crippen LogP contribution is -2.40. The molecule has 3 rings (SSSR count). The van der Waals surface area contributed by atoms with Crippen molar-refractivity contribution in [3.05, 3.63) is 94.5 Å². The van der Waals surface area contributed by atoms with Gasteiger partial charge in [-0.15, -0.1) is 0 Å². The van der Waals surface area contributed by atoms with E-state index in [0.717, 1.165) is 26.6 Å². The second-order valence-electron chi connectivity index (χ2n) is 8.73. The van der Waals surface area contributed by atoms with E-state index in [1.54, 1.807) is 36.5 Å². The van der Waals surface area contributed by atoms with Crippen molar-refractivity contribution >= 4 is 27.8 Å². The fraction of sp³-hybridized carbons (Fsp3) is 0.259. The number of amides is 1. The van der Waals surface area contributed by atoms with Crippen molar-refractivity contribution < 1.29 is 13.2 Å². The molecule has 0 unspecified atom stereocenters. The minimum absolute atomic E-state index is 0.126. The molecule has 0 aromatic heterocycles. The first kappa shape index (κ1) is 25.2. The van der Waals surface area contributed by atoms with E-state index >= 15 is 0 Å². The lowest BCUT2D eigenvalue weighted by atomic mass is 10.0. The summed E-state index contributed by atoms with van der Waals surface area (Å²) in [5, 5.41) is 4.02. The molecule has 0 saturated carbocycles. The first-order chi connectivity index (χ1) is 16.1. The molecule has 178 valence electrons. The fourth-order valence-electron chi connectivity index (χ4n) is 3.44. The Kier molecular flexibility index (Phi) is 7.89. The third kappa shape index (κ3) is 6.11. The van der Waals surface area contributed by atoms with Gasteiger partial charge in [-0.25, -0.2) is 13.8 Å². The van der Waals surface area contributed by atoms with Crippen LogP contribution in [0.15, 0.2) is 76.7 Å². The normalized spacial score (nSPS) is 11.7. The molecule has 7 heteroatoms.